The van der Waals surface area contributed by atoms with Crippen molar-refractivity contribution in [1.29, 1.82) is 0 Å². The molecule has 0 spiro atoms. The number of aliphatic hydroxyl groups excluding tert-OH is 4. The van der Waals surface area contributed by atoms with Crippen LogP contribution in [0.4, 0.5) is 0 Å². The largest absolute Gasteiger partial charge is 0.472 e. The second kappa shape index (κ2) is 30.9. The monoisotopic (exact) mass is 854 g/mol. The van der Waals surface area contributed by atoms with Crippen LogP contribution in [0.15, 0.2) is 48.6 Å². The zero-order valence-electron chi connectivity index (χ0n) is 33.5. The zero-order chi connectivity index (χ0) is 42.5. The number of esters is 2. The van der Waals surface area contributed by atoms with Crippen molar-refractivity contribution in [2.24, 2.45) is 0 Å². The van der Waals surface area contributed by atoms with Gasteiger partial charge in [-0.2, -0.15) is 0 Å². The Kier molecular flexibility index (Phi) is 28.7. The van der Waals surface area contributed by atoms with Crippen molar-refractivity contribution in [1.82, 2.24) is 0 Å². The van der Waals surface area contributed by atoms with Gasteiger partial charge in [-0.05, 0) is 45.4 Å². The molecule has 0 aromatic rings. The second-order valence-electron chi connectivity index (χ2n) is 14.0. The van der Waals surface area contributed by atoms with E-state index in [4.69, 9.17) is 28.3 Å². The molecular weight excluding hydrogens is 786 g/mol. The maximum atomic E-state index is 12.9. The van der Waals surface area contributed by atoms with Crippen LogP contribution in [-0.2, 0) is 41.8 Å². The zero-order valence-corrected chi connectivity index (χ0v) is 35.3. The van der Waals surface area contributed by atoms with Gasteiger partial charge in [0.25, 0.3) is 0 Å². The van der Waals surface area contributed by atoms with E-state index in [1.165, 1.54) is 38.5 Å². The van der Waals surface area contributed by atoms with E-state index in [1.807, 2.05) is 31.2 Å². The number of ether oxygens (including phenoxy) is 2. The summed E-state index contributed by atoms with van der Waals surface area (Å²) >= 11 is 0. The molecule has 1 aliphatic carbocycles. The van der Waals surface area contributed by atoms with Crippen molar-refractivity contribution in [3.63, 3.8) is 0 Å². The third-order valence-corrected chi connectivity index (χ3v) is 10.5. The van der Waals surface area contributed by atoms with E-state index in [9.17, 15) is 44.0 Å². The predicted molar refractivity (Wildman–Crippen MR) is 213 cm³/mol. The standard InChI is InChI=1S/C39H68O16P2/c1-3-5-7-9-11-13-15-16-18-20-22-24-26-28-33(41)53-31(29-51-32(40)27-25-23-21-19-17-14-12-10-8-6-4-2)30-52-57(49,50)55-39-36(44)34(42)38(35(43)37(39)45)54-56(46,47)48/h3,5,9,11,15-16,20,22,31,34-39,42-45H,4,6-8,10,12-14,17-19,21,23-30H2,1-2H3,(H,49,50)(H2,46,47,48)/b5-3-,11-9-,16-15+,22-20+/t31-,34-,35+,36-,37-,38?,39?/m1/s1. The van der Waals surface area contributed by atoms with Gasteiger partial charge in [-0.15, -0.1) is 0 Å². The summed E-state index contributed by atoms with van der Waals surface area (Å²) in [4.78, 5) is 53.7. The van der Waals surface area contributed by atoms with Gasteiger partial charge in [-0.3, -0.25) is 23.2 Å². The molecule has 8 atom stereocenters. The van der Waals surface area contributed by atoms with E-state index in [1.54, 1.807) is 0 Å². The number of carbonyl (C=O) groups excluding carboxylic acids is 2. The van der Waals surface area contributed by atoms with Gasteiger partial charge in [0, 0.05) is 12.8 Å². The molecule has 3 unspecified atom stereocenters. The van der Waals surface area contributed by atoms with Crippen molar-refractivity contribution >= 4 is 27.6 Å². The highest BCUT2D eigenvalue weighted by molar-refractivity contribution is 7.47. The molecule has 16 nitrogen and oxygen atoms in total. The Labute approximate surface area is 337 Å². The summed E-state index contributed by atoms with van der Waals surface area (Å²) in [5, 5.41) is 41.3. The summed E-state index contributed by atoms with van der Waals surface area (Å²) in [6.45, 7) is 2.81. The third-order valence-electron chi connectivity index (χ3n) is 9.00. The number of aliphatic hydroxyl groups is 4. The average molecular weight is 855 g/mol. The molecule has 0 bridgehead atoms. The maximum Gasteiger partial charge on any atom is 0.472 e. The summed E-state index contributed by atoms with van der Waals surface area (Å²) in [7, 11) is -10.6. The van der Waals surface area contributed by atoms with Gasteiger partial charge in [0.1, 0.15) is 43.2 Å². The lowest BCUT2D eigenvalue weighted by Gasteiger charge is -2.43. The summed E-state index contributed by atoms with van der Waals surface area (Å²) in [5.74, 6) is -1.26. The molecule has 0 radical (unpaired) electrons. The van der Waals surface area contributed by atoms with Crippen molar-refractivity contribution in [2.75, 3.05) is 13.2 Å². The first-order valence-corrected chi connectivity index (χ1v) is 23.2. The first-order valence-electron chi connectivity index (χ1n) is 20.1. The van der Waals surface area contributed by atoms with Crippen LogP contribution in [0.5, 0.6) is 0 Å². The highest BCUT2D eigenvalue weighted by Gasteiger charge is 2.54. The van der Waals surface area contributed by atoms with E-state index in [0.717, 1.165) is 44.9 Å². The highest BCUT2D eigenvalue weighted by atomic mass is 31.2. The molecule has 0 aliphatic heterocycles. The molecule has 0 aromatic carbocycles. The number of phosphoric ester groups is 2. The maximum absolute atomic E-state index is 12.9. The van der Waals surface area contributed by atoms with E-state index < -0.39 is 83.5 Å². The lowest BCUT2D eigenvalue weighted by molar-refractivity contribution is -0.216. The molecule has 18 heteroatoms. The number of rotatable bonds is 32. The Hall–Kier alpha value is -2.04. The Bertz CT molecular complexity index is 1300. The molecule has 7 N–H and O–H groups in total. The molecule has 57 heavy (non-hydrogen) atoms. The summed E-state index contributed by atoms with van der Waals surface area (Å²) in [5.41, 5.74) is 0. The fourth-order valence-electron chi connectivity index (χ4n) is 5.84. The fourth-order valence-corrected chi connectivity index (χ4v) is 7.38. The van der Waals surface area contributed by atoms with Crippen LogP contribution in [0.3, 0.4) is 0 Å². The van der Waals surface area contributed by atoms with Gasteiger partial charge < -0.3 is 44.6 Å². The molecule has 0 heterocycles. The minimum Gasteiger partial charge on any atom is -0.462 e. The van der Waals surface area contributed by atoms with Crippen LogP contribution in [0.25, 0.3) is 0 Å². The number of phosphoric acid groups is 2. The molecular formula is C39H68O16P2. The SMILES string of the molecule is C/C=C\C/C=C\C/C=C/C/C=C/CCCC(=O)O[C@H](COC(=O)CCCCCCCCCCCCC)COP(=O)(O)OC1[C@H](O)[C@H](O)C(OP(=O)(O)O)[C@H](O)[C@H]1O. The van der Waals surface area contributed by atoms with Gasteiger partial charge in [0.05, 0.1) is 6.61 Å². The van der Waals surface area contributed by atoms with E-state index in [-0.39, 0.29) is 12.8 Å². The quantitative estimate of drug-likeness (QED) is 0.0173. The van der Waals surface area contributed by atoms with Crippen LogP contribution in [0, 0.1) is 0 Å². The molecule has 0 aromatic heterocycles. The topological polar surface area (TPSA) is 256 Å². The van der Waals surface area contributed by atoms with Crippen LogP contribution < -0.4 is 0 Å². The molecule has 1 rings (SSSR count). The average Bonchev–Trinajstić information content (AvgIpc) is 3.16. The summed E-state index contributed by atoms with van der Waals surface area (Å²) in [6, 6.07) is 0. The lowest BCUT2D eigenvalue weighted by Crippen LogP contribution is -2.64. The second-order valence-corrected chi connectivity index (χ2v) is 16.6. The molecule has 330 valence electrons. The number of unbranched alkanes of at least 4 members (excludes halogenated alkanes) is 11. The number of allylic oxidation sites excluding steroid dienone is 8. The van der Waals surface area contributed by atoms with Crippen LogP contribution in [0.1, 0.15) is 129 Å². The molecule has 0 amide bonds. The van der Waals surface area contributed by atoms with Gasteiger partial charge >= 0.3 is 27.6 Å². The van der Waals surface area contributed by atoms with Crippen LogP contribution in [0.2, 0.25) is 0 Å². The Morgan fingerprint density at radius 3 is 1.56 bits per heavy atom. The van der Waals surface area contributed by atoms with Crippen molar-refractivity contribution in [2.45, 2.75) is 172 Å². The molecule has 1 fully saturated rings. The van der Waals surface area contributed by atoms with E-state index in [0.29, 0.717) is 19.3 Å². The number of hydrogen-bond donors (Lipinski definition) is 7. The normalized spacial score (nSPS) is 23.5. The lowest BCUT2D eigenvalue weighted by atomic mass is 9.85. The minimum atomic E-state index is -5.31. The first kappa shape index (κ1) is 53.0. The van der Waals surface area contributed by atoms with Crippen LogP contribution in [-0.4, -0.2) is 103 Å². The summed E-state index contributed by atoms with van der Waals surface area (Å²) in [6.07, 6.45) is 17.1. The van der Waals surface area contributed by atoms with E-state index in [2.05, 4.69) is 35.8 Å². The highest BCUT2D eigenvalue weighted by Crippen LogP contribution is 2.48. The number of carbonyl (C=O) groups is 2. The smallest absolute Gasteiger partial charge is 0.462 e. The fraction of sp³-hybridized carbons (Fsp3) is 0.744. The first-order chi connectivity index (χ1) is 27.1. The molecule has 0 saturated heterocycles. The Morgan fingerprint density at radius 1 is 0.596 bits per heavy atom. The summed E-state index contributed by atoms with van der Waals surface area (Å²) < 4.78 is 48.8. The van der Waals surface area contributed by atoms with Gasteiger partial charge in [-0.1, -0.05) is 120 Å². The van der Waals surface area contributed by atoms with Crippen molar-refractivity contribution < 1.29 is 76.9 Å². The minimum absolute atomic E-state index is 0.0261. The van der Waals surface area contributed by atoms with Crippen molar-refractivity contribution in [3.8, 4) is 0 Å². The Balaban J connectivity index is 2.70. The van der Waals surface area contributed by atoms with Gasteiger partial charge in [0.2, 0.25) is 0 Å². The number of hydrogen-bond acceptors (Lipinski definition) is 13. The van der Waals surface area contributed by atoms with Gasteiger partial charge in [0.15, 0.2) is 6.10 Å². The van der Waals surface area contributed by atoms with E-state index >= 15 is 0 Å². The van der Waals surface area contributed by atoms with Crippen molar-refractivity contribution in [3.05, 3.63) is 48.6 Å². The third kappa shape index (κ3) is 25.9. The predicted octanol–water partition coefficient (Wildman–Crippen LogP) is 6.17. The Morgan fingerprint density at radius 2 is 1.05 bits per heavy atom. The molecule has 1 saturated carbocycles. The van der Waals surface area contributed by atoms with Crippen LogP contribution >= 0.6 is 15.6 Å². The van der Waals surface area contributed by atoms with Gasteiger partial charge in [-0.25, -0.2) is 9.13 Å². The molecule has 1 aliphatic rings.